The number of allylic oxidation sites excluding steroid dienone is 3. The molecule has 0 saturated heterocycles. The summed E-state index contributed by atoms with van der Waals surface area (Å²) in [6.45, 7) is 9.96. The largest absolute Gasteiger partial charge is 0.508 e. The van der Waals surface area contributed by atoms with Gasteiger partial charge in [-0.3, -0.25) is 4.79 Å². The zero-order chi connectivity index (χ0) is 20.0. The molecule has 0 spiro atoms. The van der Waals surface area contributed by atoms with E-state index in [0.717, 1.165) is 30.6 Å². The molecule has 2 N–H and O–H groups in total. The Morgan fingerprint density at radius 3 is 2.63 bits per heavy atom. The molecular formula is C23H28O4. The molecular weight excluding hydrogens is 340 g/mol. The van der Waals surface area contributed by atoms with Crippen LogP contribution in [0.3, 0.4) is 0 Å². The maximum absolute atomic E-state index is 12.6. The van der Waals surface area contributed by atoms with Crippen LogP contribution < -0.4 is 0 Å². The number of benzene rings is 1. The fraction of sp³-hybridized carbons (Fsp3) is 0.348. The highest BCUT2D eigenvalue weighted by Crippen LogP contribution is 2.33. The van der Waals surface area contributed by atoms with Crippen molar-refractivity contribution in [2.75, 3.05) is 0 Å². The molecule has 1 heterocycles. The number of Topliss-reactive ketones (excluding diaryl/α,β-unsaturated/α-hetero) is 1. The van der Waals surface area contributed by atoms with Crippen LogP contribution >= 0.6 is 0 Å². The summed E-state index contributed by atoms with van der Waals surface area (Å²) >= 11 is 0. The molecule has 1 aromatic heterocycles. The van der Waals surface area contributed by atoms with Crippen molar-refractivity contribution in [1.29, 1.82) is 0 Å². The van der Waals surface area contributed by atoms with Gasteiger partial charge in [0.2, 0.25) is 0 Å². The van der Waals surface area contributed by atoms with Gasteiger partial charge in [0.15, 0.2) is 5.78 Å². The van der Waals surface area contributed by atoms with Gasteiger partial charge in [0.1, 0.15) is 17.3 Å². The van der Waals surface area contributed by atoms with Crippen molar-refractivity contribution in [2.45, 2.75) is 46.5 Å². The van der Waals surface area contributed by atoms with Crippen LogP contribution in [0.5, 0.6) is 11.5 Å². The van der Waals surface area contributed by atoms with Crippen LogP contribution in [-0.2, 0) is 6.42 Å². The molecule has 0 saturated carbocycles. The van der Waals surface area contributed by atoms with E-state index in [1.165, 1.54) is 23.8 Å². The van der Waals surface area contributed by atoms with Gasteiger partial charge in [-0.25, -0.2) is 0 Å². The zero-order valence-corrected chi connectivity index (χ0v) is 16.3. The number of aromatic hydroxyl groups is 2. The third kappa shape index (κ3) is 5.88. The van der Waals surface area contributed by atoms with Gasteiger partial charge < -0.3 is 14.6 Å². The van der Waals surface area contributed by atoms with Crippen LogP contribution in [0.1, 0.15) is 54.8 Å². The fourth-order valence-corrected chi connectivity index (χ4v) is 3.06. The lowest BCUT2D eigenvalue weighted by molar-refractivity contribution is 0.0937. The Labute approximate surface area is 160 Å². The van der Waals surface area contributed by atoms with E-state index in [1.807, 2.05) is 19.9 Å². The van der Waals surface area contributed by atoms with Gasteiger partial charge in [0.25, 0.3) is 0 Å². The van der Waals surface area contributed by atoms with Crippen molar-refractivity contribution >= 4 is 5.78 Å². The second-order valence-corrected chi connectivity index (χ2v) is 7.52. The van der Waals surface area contributed by atoms with Gasteiger partial charge in [-0.05, 0) is 55.9 Å². The number of rotatable bonds is 9. The Morgan fingerprint density at radius 2 is 2.04 bits per heavy atom. The lowest BCUT2D eigenvalue weighted by Gasteiger charge is -2.24. The second-order valence-electron chi connectivity index (χ2n) is 7.52. The number of hydrogen-bond donors (Lipinski definition) is 2. The molecule has 1 aromatic carbocycles. The van der Waals surface area contributed by atoms with E-state index in [-0.39, 0.29) is 34.7 Å². The van der Waals surface area contributed by atoms with Gasteiger partial charge >= 0.3 is 0 Å². The Morgan fingerprint density at radius 1 is 1.30 bits per heavy atom. The summed E-state index contributed by atoms with van der Waals surface area (Å²) in [4.78, 5) is 12.6. The average Bonchev–Trinajstić information content (AvgIpc) is 2.99. The highest BCUT2D eigenvalue weighted by Gasteiger charge is 2.25. The summed E-state index contributed by atoms with van der Waals surface area (Å²) in [7, 11) is 0. The molecule has 4 nitrogen and oxygen atoms in total. The normalized spacial score (nSPS) is 14.0. The molecule has 0 bridgehead atoms. The van der Waals surface area contributed by atoms with Crippen LogP contribution in [-0.4, -0.2) is 16.0 Å². The van der Waals surface area contributed by atoms with Crippen molar-refractivity contribution in [1.82, 2.24) is 0 Å². The lowest BCUT2D eigenvalue weighted by Crippen LogP contribution is -2.18. The van der Waals surface area contributed by atoms with E-state index >= 15 is 0 Å². The van der Waals surface area contributed by atoms with E-state index in [0.29, 0.717) is 0 Å². The summed E-state index contributed by atoms with van der Waals surface area (Å²) in [5, 5.41) is 19.3. The van der Waals surface area contributed by atoms with E-state index in [4.69, 9.17) is 4.42 Å². The minimum Gasteiger partial charge on any atom is -0.508 e. The van der Waals surface area contributed by atoms with E-state index in [1.54, 1.807) is 12.3 Å². The van der Waals surface area contributed by atoms with Crippen molar-refractivity contribution in [3.8, 4) is 11.5 Å². The highest BCUT2D eigenvalue weighted by atomic mass is 16.3. The van der Waals surface area contributed by atoms with Crippen LogP contribution in [0.15, 0.2) is 59.2 Å². The number of furan rings is 1. The van der Waals surface area contributed by atoms with Gasteiger partial charge in [0, 0.05) is 18.9 Å². The van der Waals surface area contributed by atoms with E-state index in [2.05, 4.69) is 19.6 Å². The standard InChI is InChI=1S/C23H28O4/c1-5-23(4,14-22(26)20-9-8-18(24)13-21(20)25)10-6-7-16(2)11-19-12-17(3)15-27-19/h5,7-9,12-13,15,24-25H,1,6,10-11,14H2,2-4H3/t23-/m1/s1. The molecule has 2 rings (SSSR count). The van der Waals surface area contributed by atoms with Crippen LogP contribution in [0, 0.1) is 12.3 Å². The average molecular weight is 368 g/mol. The third-order valence-electron chi connectivity index (χ3n) is 4.79. The van der Waals surface area contributed by atoms with E-state index < -0.39 is 0 Å². The number of phenolic OH excluding ortho intramolecular Hbond substituents is 2. The Balaban J connectivity index is 1.96. The summed E-state index contributed by atoms with van der Waals surface area (Å²) in [5.74, 6) is 0.520. The summed E-state index contributed by atoms with van der Waals surface area (Å²) in [6, 6.07) is 6.07. The quantitative estimate of drug-likeness (QED) is 0.438. The molecule has 0 fully saturated rings. The molecule has 0 aliphatic carbocycles. The molecule has 4 heteroatoms. The summed E-state index contributed by atoms with van der Waals surface area (Å²) < 4.78 is 5.48. The molecule has 1 atom stereocenters. The minimum atomic E-state index is -0.376. The topological polar surface area (TPSA) is 70.7 Å². The molecule has 144 valence electrons. The maximum atomic E-state index is 12.6. The predicted molar refractivity (Wildman–Crippen MR) is 107 cm³/mol. The van der Waals surface area contributed by atoms with Crippen LogP contribution in [0.4, 0.5) is 0 Å². The second kappa shape index (κ2) is 8.76. The van der Waals surface area contributed by atoms with Crippen LogP contribution in [0.25, 0.3) is 0 Å². The smallest absolute Gasteiger partial charge is 0.167 e. The Hall–Kier alpha value is -2.75. The predicted octanol–water partition coefficient (Wildman–Crippen LogP) is 5.73. The number of carbonyl (C=O) groups is 1. The van der Waals surface area contributed by atoms with Crippen molar-refractivity contribution in [3.63, 3.8) is 0 Å². The molecule has 0 amide bonds. The summed E-state index contributed by atoms with van der Waals surface area (Å²) in [6.07, 6.45) is 8.35. The fourth-order valence-electron chi connectivity index (χ4n) is 3.06. The Bertz CT molecular complexity index is 844. The molecule has 27 heavy (non-hydrogen) atoms. The molecule has 0 unspecified atom stereocenters. The highest BCUT2D eigenvalue weighted by molar-refractivity contribution is 5.99. The molecule has 0 aliphatic rings. The first-order chi connectivity index (χ1) is 12.7. The summed E-state index contributed by atoms with van der Waals surface area (Å²) in [5.41, 5.74) is 2.19. The minimum absolute atomic E-state index is 0.0668. The molecule has 0 aliphatic heterocycles. The first-order valence-electron chi connectivity index (χ1n) is 9.11. The van der Waals surface area contributed by atoms with Crippen molar-refractivity contribution < 1.29 is 19.4 Å². The van der Waals surface area contributed by atoms with Gasteiger partial charge in [-0.1, -0.05) is 24.6 Å². The number of ketones is 1. The van der Waals surface area contributed by atoms with Gasteiger partial charge in [0.05, 0.1) is 11.8 Å². The first-order valence-corrected chi connectivity index (χ1v) is 9.11. The first kappa shape index (κ1) is 20.6. The van der Waals surface area contributed by atoms with Crippen molar-refractivity contribution in [2.24, 2.45) is 5.41 Å². The van der Waals surface area contributed by atoms with E-state index in [9.17, 15) is 15.0 Å². The zero-order valence-electron chi connectivity index (χ0n) is 16.3. The van der Waals surface area contributed by atoms with Gasteiger partial charge in [-0.2, -0.15) is 0 Å². The monoisotopic (exact) mass is 368 g/mol. The Kier molecular flexibility index (Phi) is 6.67. The SMILES string of the molecule is C=C[C@](C)(CCC=C(C)Cc1cc(C)co1)CC(=O)c1ccc(O)cc1O. The van der Waals surface area contributed by atoms with Crippen LogP contribution in [0.2, 0.25) is 0 Å². The molecule has 2 aromatic rings. The number of phenols is 2. The van der Waals surface area contributed by atoms with Gasteiger partial charge in [-0.15, -0.1) is 6.58 Å². The number of carbonyl (C=O) groups excluding carboxylic acids is 1. The third-order valence-corrected chi connectivity index (χ3v) is 4.79. The van der Waals surface area contributed by atoms with Crippen molar-refractivity contribution in [3.05, 3.63) is 71.7 Å². The molecule has 0 radical (unpaired) electrons. The lowest BCUT2D eigenvalue weighted by atomic mass is 9.79. The number of hydrogen-bond acceptors (Lipinski definition) is 4. The number of aryl methyl sites for hydroxylation is 1. The maximum Gasteiger partial charge on any atom is 0.167 e.